The van der Waals surface area contributed by atoms with Crippen LogP contribution < -0.4 is 10.6 Å². The topological polar surface area (TPSA) is 131 Å². The van der Waals surface area contributed by atoms with Gasteiger partial charge in [0.15, 0.2) is 0 Å². The second-order valence-electron chi connectivity index (χ2n) is 8.96. The summed E-state index contributed by atoms with van der Waals surface area (Å²) in [4.78, 5) is 34.5. The van der Waals surface area contributed by atoms with Crippen molar-refractivity contribution >= 4 is 17.6 Å². The Kier molecular flexibility index (Phi) is 9.32. The number of amides is 1. The van der Waals surface area contributed by atoms with Gasteiger partial charge in [0.1, 0.15) is 0 Å². The van der Waals surface area contributed by atoms with Gasteiger partial charge in [0.2, 0.25) is 5.91 Å². The summed E-state index contributed by atoms with van der Waals surface area (Å²) in [6, 6.07) is 13.3. The van der Waals surface area contributed by atoms with E-state index in [4.69, 9.17) is 4.74 Å². The molecule has 0 saturated heterocycles. The average Bonchev–Trinajstić information content (AvgIpc) is 2.87. The lowest BCUT2D eigenvalue weighted by Crippen LogP contribution is -2.58. The van der Waals surface area contributed by atoms with Crippen molar-refractivity contribution in [3.05, 3.63) is 75.9 Å². The van der Waals surface area contributed by atoms with Crippen LogP contribution in [0.15, 0.2) is 60.2 Å². The van der Waals surface area contributed by atoms with Gasteiger partial charge in [0.05, 0.1) is 23.2 Å². The van der Waals surface area contributed by atoms with Gasteiger partial charge in [0, 0.05) is 37.2 Å². The van der Waals surface area contributed by atoms with E-state index in [0.717, 1.165) is 29.5 Å². The Morgan fingerprint density at radius 2 is 1.83 bits per heavy atom. The number of benzene rings is 2. The van der Waals surface area contributed by atoms with Gasteiger partial charge in [-0.3, -0.25) is 14.9 Å². The number of carboxylic acid groups (broad SMARTS) is 1. The molecule has 1 aliphatic carbocycles. The molecule has 3 atom stereocenters. The van der Waals surface area contributed by atoms with Crippen LogP contribution in [-0.2, 0) is 20.9 Å². The Morgan fingerprint density at radius 1 is 1.14 bits per heavy atom. The zero-order chi connectivity index (χ0) is 26.2. The third-order valence-electron chi connectivity index (χ3n) is 6.41. The van der Waals surface area contributed by atoms with E-state index in [9.17, 15) is 24.8 Å². The maximum absolute atomic E-state index is 12.0. The summed E-state index contributed by atoms with van der Waals surface area (Å²) in [5.41, 5.74) is 2.85. The molecule has 0 fully saturated rings. The third-order valence-corrected chi connectivity index (χ3v) is 6.41. The van der Waals surface area contributed by atoms with Crippen LogP contribution in [0.2, 0.25) is 0 Å². The highest BCUT2D eigenvalue weighted by molar-refractivity contribution is 5.87. The quantitative estimate of drug-likeness (QED) is 0.314. The van der Waals surface area contributed by atoms with Crippen LogP contribution in [0, 0.1) is 10.1 Å². The molecule has 0 bridgehead atoms. The number of carboxylic acids is 1. The van der Waals surface area contributed by atoms with E-state index in [0.29, 0.717) is 6.54 Å². The van der Waals surface area contributed by atoms with Gasteiger partial charge in [-0.25, -0.2) is 4.79 Å². The number of hydrogen-bond donors (Lipinski definition) is 3. The lowest BCUT2D eigenvalue weighted by Gasteiger charge is -2.38. The fraction of sp³-hybridized carbons (Fsp3) is 0.407. The summed E-state index contributed by atoms with van der Waals surface area (Å²) in [6.07, 6.45) is 2.82. The largest absolute Gasteiger partial charge is 0.478 e. The number of nitrogens with zero attached hydrogens (tertiary/aromatic N) is 1. The Balaban J connectivity index is 1.77. The Bertz CT molecular complexity index is 1110. The Morgan fingerprint density at radius 3 is 2.42 bits per heavy atom. The van der Waals surface area contributed by atoms with Crippen LogP contribution in [0.5, 0.6) is 0 Å². The first kappa shape index (κ1) is 27.0. The monoisotopic (exact) mass is 495 g/mol. The number of nitrogens with one attached hydrogen (secondary N) is 2. The molecule has 0 aliphatic heterocycles. The van der Waals surface area contributed by atoms with E-state index in [1.807, 2.05) is 44.2 Å². The van der Waals surface area contributed by atoms with Crippen molar-refractivity contribution in [3.63, 3.8) is 0 Å². The Labute approximate surface area is 210 Å². The van der Waals surface area contributed by atoms with Crippen molar-refractivity contribution in [1.82, 2.24) is 10.6 Å². The molecule has 2 aromatic rings. The van der Waals surface area contributed by atoms with Gasteiger partial charge in [-0.15, -0.1) is 0 Å². The predicted molar refractivity (Wildman–Crippen MR) is 136 cm³/mol. The predicted octanol–water partition coefficient (Wildman–Crippen LogP) is 4.21. The van der Waals surface area contributed by atoms with Crippen LogP contribution in [0.3, 0.4) is 0 Å². The lowest BCUT2D eigenvalue weighted by molar-refractivity contribution is -0.384. The molecule has 0 aromatic heterocycles. The summed E-state index contributed by atoms with van der Waals surface area (Å²) in [5, 5.41) is 27.1. The fourth-order valence-electron chi connectivity index (χ4n) is 4.43. The van der Waals surface area contributed by atoms with Crippen LogP contribution in [0.1, 0.15) is 45.6 Å². The van der Waals surface area contributed by atoms with E-state index < -0.39 is 23.0 Å². The molecule has 36 heavy (non-hydrogen) atoms. The number of aliphatic carboxylic acids is 1. The summed E-state index contributed by atoms with van der Waals surface area (Å²) in [7, 11) is 0. The van der Waals surface area contributed by atoms with Gasteiger partial charge in [-0.1, -0.05) is 50.2 Å². The van der Waals surface area contributed by atoms with E-state index in [-0.39, 0.29) is 35.7 Å². The number of carbonyl (C=O) groups is 2. The minimum atomic E-state index is -0.998. The molecular weight excluding hydrogens is 462 g/mol. The van der Waals surface area contributed by atoms with Crippen LogP contribution >= 0.6 is 0 Å². The zero-order valence-electron chi connectivity index (χ0n) is 20.8. The molecule has 0 radical (unpaired) electrons. The van der Waals surface area contributed by atoms with Gasteiger partial charge in [-0.2, -0.15) is 0 Å². The number of rotatable bonds is 11. The molecule has 0 spiro atoms. The van der Waals surface area contributed by atoms with E-state index in [2.05, 4.69) is 10.6 Å². The van der Waals surface area contributed by atoms with E-state index >= 15 is 0 Å². The van der Waals surface area contributed by atoms with Gasteiger partial charge >= 0.3 is 5.97 Å². The SMILES string of the molecule is CCC(CC)O[C@@H]1C=C(C(=O)O)C[C@H](NCc2ccc(-c3cccc([N+](=O)[O-])c3)cc2)[C@H]1NC(C)=O. The molecule has 3 N–H and O–H groups in total. The number of ether oxygens (including phenoxy) is 1. The highest BCUT2D eigenvalue weighted by Gasteiger charge is 2.37. The number of nitro benzene ring substituents is 1. The smallest absolute Gasteiger partial charge is 0.331 e. The standard InChI is InChI=1S/C27H33N3O6/c1-4-23(5-2)36-25-15-21(27(32)33)14-24(26(25)29-17(3)31)28-16-18-9-11-19(12-10-18)20-7-6-8-22(13-20)30(34)35/h6-13,15,23-26,28H,4-5,14,16H2,1-3H3,(H,29,31)(H,32,33)/t24-,25+,26+/m0/s1. The third kappa shape index (κ3) is 6.99. The first-order valence-electron chi connectivity index (χ1n) is 12.2. The van der Waals surface area contributed by atoms with Gasteiger partial charge in [-0.05, 0) is 42.0 Å². The number of hydrogen-bond acceptors (Lipinski definition) is 6. The molecule has 0 unspecified atom stereocenters. The summed E-state index contributed by atoms with van der Waals surface area (Å²) >= 11 is 0. The maximum atomic E-state index is 12.0. The first-order chi connectivity index (χ1) is 17.2. The molecule has 1 amide bonds. The molecule has 3 rings (SSSR count). The van der Waals surface area contributed by atoms with Crippen molar-refractivity contribution in [1.29, 1.82) is 0 Å². The zero-order valence-corrected chi connectivity index (χ0v) is 20.8. The molecular formula is C27H33N3O6. The number of non-ortho nitro benzene ring substituents is 1. The Hall–Kier alpha value is -3.56. The van der Waals surface area contributed by atoms with Crippen molar-refractivity contribution in [3.8, 4) is 11.1 Å². The summed E-state index contributed by atoms with van der Waals surface area (Å²) < 4.78 is 6.21. The number of carbonyl (C=O) groups excluding carboxylic acids is 1. The summed E-state index contributed by atoms with van der Waals surface area (Å²) in [5.74, 6) is -1.21. The minimum Gasteiger partial charge on any atom is -0.478 e. The highest BCUT2D eigenvalue weighted by atomic mass is 16.6. The van der Waals surface area contributed by atoms with Crippen LogP contribution in [0.25, 0.3) is 11.1 Å². The van der Waals surface area contributed by atoms with Crippen molar-refractivity contribution in [2.45, 2.75) is 70.9 Å². The second kappa shape index (κ2) is 12.4. The molecule has 1 aliphatic rings. The second-order valence-corrected chi connectivity index (χ2v) is 8.96. The van der Waals surface area contributed by atoms with Gasteiger partial charge in [0.25, 0.3) is 5.69 Å². The van der Waals surface area contributed by atoms with Crippen molar-refractivity contribution in [2.24, 2.45) is 0 Å². The highest BCUT2D eigenvalue weighted by Crippen LogP contribution is 2.26. The maximum Gasteiger partial charge on any atom is 0.331 e. The molecule has 0 heterocycles. The van der Waals surface area contributed by atoms with Gasteiger partial charge < -0.3 is 20.5 Å². The first-order valence-corrected chi connectivity index (χ1v) is 12.2. The lowest BCUT2D eigenvalue weighted by atomic mass is 9.87. The van der Waals surface area contributed by atoms with Crippen molar-refractivity contribution < 1.29 is 24.4 Å². The molecule has 2 aromatic carbocycles. The van der Waals surface area contributed by atoms with Crippen molar-refractivity contribution in [2.75, 3.05) is 0 Å². The molecule has 9 nitrogen and oxygen atoms in total. The molecule has 0 saturated carbocycles. The van der Waals surface area contributed by atoms with Crippen LogP contribution in [-0.4, -0.2) is 46.2 Å². The van der Waals surface area contributed by atoms with E-state index in [1.54, 1.807) is 12.1 Å². The minimum absolute atomic E-state index is 0.0343. The number of nitro groups is 1. The summed E-state index contributed by atoms with van der Waals surface area (Å²) in [6.45, 7) is 5.91. The molecule has 9 heteroatoms. The fourth-order valence-corrected chi connectivity index (χ4v) is 4.43. The molecule has 192 valence electrons. The average molecular weight is 496 g/mol. The van der Waals surface area contributed by atoms with Crippen LogP contribution in [0.4, 0.5) is 5.69 Å². The normalized spacial score (nSPS) is 19.6. The van der Waals surface area contributed by atoms with E-state index in [1.165, 1.54) is 19.1 Å².